The van der Waals surface area contributed by atoms with E-state index < -0.39 is 0 Å². The van der Waals surface area contributed by atoms with E-state index in [-0.39, 0.29) is 0 Å². The van der Waals surface area contributed by atoms with Gasteiger partial charge in [0.05, 0.1) is 20.3 Å². The van der Waals surface area contributed by atoms with Crippen LogP contribution in [-0.2, 0) is 0 Å². The molecule has 0 N–H and O–H groups in total. The Morgan fingerprint density at radius 2 is 1.07 bits per heavy atom. The summed E-state index contributed by atoms with van der Waals surface area (Å²) >= 11 is 0. The van der Waals surface area contributed by atoms with Crippen molar-refractivity contribution in [3.8, 4) is 39.5 Å². The summed E-state index contributed by atoms with van der Waals surface area (Å²) < 4.78 is 16.9. The molecule has 0 fully saturated rings. The van der Waals surface area contributed by atoms with Crippen molar-refractivity contribution < 1.29 is 14.2 Å². The summed E-state index contributed by atoms with van der Waals surface area (Å²) in [6, 6.07) is 22.9. The highest BCUT2D eigenvalue weighted by Crippen LogP contribution is 2.33. The smallest absolute Gasteiger partial charge is 0.161 e. The average molecular weight is 376 g/mol. The van der Waals surface area contributed by atoms with Crippen molar-refractivity contribution >= 4 is 0 Å². The second kappa shape index (κ2) is 9.84. The fourth-order valence-electron chi connectivity index (χ4n) is 3.00. The number of hydrogen-bond donors (Lipinski definition) is 0. The average Bonchev–Trinajstić information content (AvgIpc) is 2.76. The first-order valence-electron chi connectivity index (χ1n) is 9.89. The SMILES string of the molecule is CCCOc1ccc(-c2ccc(-c3ccc(OCCC)c(OC)c3)cc2)cc1. The molecule has 3 aromatic rings. The highest BCUT2D eigenvalue weighted by atomic mass is 16.5. The first-order valence-corrected chi connectivity index (χ1v) is 9.89. The number of methoxy groups -OCH3 is 1. The lowest BCUT2D eigenvalue weighted by molar-refractivity contribution is 0.294. The van der Waals surface area contributed by atoms with Gasteiger partial charge in [-0.1, -0.05) is 56.3 Å². The van der Waals surface area contributed by atoms with Crippen LogP contribution in [0.4, 0.5) is 0 Å². The summed E-state index contributed by atoms with van der Waals surface area (Å²) in [6.07, 6.45) is 1.98. The number of hydrogen-bond acceptors (Lipinski definition) is 3. The Hall–Kier alpha value is -2.94. The van der Waals surface area contributed by atoms with Crippen LogP contribution in [0.1, 0.15) is 26.7 Å². The third-order valence-corrected chi connectivity index (χ3v) is 4.50. The normalized spacial score (nSPS) is 10.5. The van der Waals surface area contributed by atoms with Crippen molar-refractivity contribution in [1.29, 1.82) is 0 Å². The van der Waals surface area contributed by atoms with Crippen molar-refractivity contribution in [2.75, 3.05) is 20.3 Å². The van der Waals surface area contributed by atoms with Crippen LogP contribution in [0.15, 0.2) is 66.7 Å². The van der Waals surface area contributed by atoms with Gasteiger partial charge in [0.1, 0.15) is 5.75 Å². The topological polar surface area (TPSA) is 27.7 Å². The van der Waals surface area contributed by atoms with Gasteiger partial charge < -0.3 is 14.2 Å². The van der Waals surface area contributed by atoms with Crippen LogP contribution in [0.3, 0.4) is 0 Å². The molecule has 0 atom stereocenters. The molecular weight excluding hydrogens is 348 g/mol. The van der Waals surface area contributed by atoms with E-state index in [1.54, 1.807) is 7.11 Å². The first-order chi connectivity index (χ1) is 13.7. The Bertz CT molecular complexity index is 867. The molecule has 0 aliphatic rings. The van der Waals surface area contributed by atoms with Crippen molar-refractivity contribution in [3.05, 3.63) is 66.7 Å². The van der Waals surface area contributed by atoms with E-state index in [2.05, 4.69) is 56.3 Å². The second-order valence-corrected chi connectivity index (χ2v) is 6.66. The van der Waals surface area contributed by atoms with E-state index in [0.717, 1.165) is 47.8 Å². The molecule has 0 aliphatic carbocycles. The van der Waals surface area contributed by atoms with E-state index in [9.17, 15) is 0 Å². The van der Waals surface area contributed by atoms with Crippen LogP contribution in [0, 0.1) is 0 Å². The zero-order valence-electron chi connectivity index (χ0n) is 16.9. The summed E-state index contributed by atoms with van der Waals surface area (Å²) in [5, 5.41) is 0. The lowest BCUT2D eigenvalue weighted by Gasteiger charge is -2.12. The Labute approximate surface area is 167 Å². The summed E-state index contributed by atoms with van der Waals surface area (Å²) in [7, 11) is 1.68. The minimum Gasteiger partial charge on any atom is -0.494 e. The van der Waals surface area contributed by atoms with Gasteiger partial charge in [0.15, 0.2) is 11.5 Å². The van der Waals surface area contributed by atoms with Gasteiger partial charge >= 0.3 is 0 Å². The summed E-state index contributed by atoms with van der Waals surface area (Å²) in [5.41, 5.74) is 4.61. The molecule has 0 spiro atoms. The zero-order valence-corrected chi connectivity index (χ0v) is 16.9. The largest absolute Gasteiger partial charge is 0.494 e. The van der Waals surface area contributed by atoms with Crippen LogP contribution in [0.5, 0.6) is 17.2 Å². The van der Waals surface area contributed by atoms with Gasteiger partial charge in [0.2, 0.25) is 0 Å². The van der Waals surface area contributed by atoms with Gasteiger partial charge in [-0.2, -0.15) is 0 Å². The maximum atomic E-state index is 5.74. The quantitative estimate of drug-likeness (QED) is 0.421. The molecule has 0 radical (unpaired) electrons. The van der Waals surface area contributed by atoms with Crippen LogP contribution in [0.2, 0.25) is 0 Å². The highest BCUT2D eigenvalue weighted by molar-refractivity contribution is 5.72. The van der Waals surface area contributed by atoms with Gasteiger partial charge in [0.25, 0.3) is 0 Å². The predicted molar refractivity (Wildman–Crippen MR) is 115 cm³/mol. The molecule has 0 saturated heterocycles. The van der Waals surface area contributed by atoms with Crippen molar-refractivity contribution in [2.45, 2.75) is 26.7 Å². The molecule has 0 amide bonds. The Morgan fingerprint density at radius 3 is 1.64 bits per heavy atom. The molecular formula is C25H28O3. The molecule has 0 aliphatic heterocycles. The van der Waals surface area contributed by atoms with Gasteiger partial charge in [-0.05, 0) is 59.4 Å². The van der Waals surface area contributed by atoms with Gasteiger partial charge in [0, 0.05) is 0 Å². The Kier molecular flexibility index (Phi) is 6.96. The van der Waals surface area contributed by atoms with E-state index in [1.807, 2.05) is 24.3 Å². The van der Waals surface area contributed by atoms with Gasteiger partial charge in [-0.3, -0.25) is 0 Å². The Balaban J connectivity index is 1.77. The number of ether oxygens (including phenoxy) is 3. The van der Waals surface area contributed by atoms with Crippen LogP contribution in [0.25, 0.3) is 22.3 Å². The molecule has 3 rings (SSSR count). The lowest BCUT2D eigenvalue weighted by atomic mass is 10.00. The molecule has 28 heavy (non-hydrogen) atoms. The summed E-state index contributed by atoms with van der Waals surface area (Å²) in [4.78, 5) is 0. The number of rotatable bonds is 9. The first kappa shape index (κ1) is 19.8. The van der Waals surface area contributed by atoms with Crippen molar-refractivity contribution in [2.24, 2.45) is 0 Å². The predicted octanol–water partition coefficient (Wildman–Crippen LogP) is 6.61. The minimum atomic E-state index is 0.687. The van der Waals surface area contributed by atoms with E-state index >= 15 is 0 Å². The lowest BCUT2D eigenvalue weighted by Crippen LogP contribution is -1.97. The fraction of sp³-hybridized carbons (Fsp3) is 0.280. The molecule has 3 nitrogen and oxygen atoms in total. The third-order valence-electron chi connectivity index (χ3n) is 4.50. The maximum absolute atomic E-state index is 5.74. The molecule has 0 saturated carbocycles. The molecule has 146 valence electrons. The zero-order chi connectivity index (χ0) is 19.8. The van der Waals surface area contributed by atoms with E-state index in [1.165, 1.54) is 11.1 Å². The summed E-state index contributed by atoms with van der Waals surface area (Å²) in [5.74, 6) is 2.47. The monoisotopic (exact) mass is 376 g/mol. The highest BCUT2D eigenvalue weighted by Gasteiger charge is 2.08. The van der Waals surface area contributed by atoms with Crippen LogP contribution >= 0.6 is 0 Å². The molecule has 0 aromatic heterocycles. The summed E-state index contributed by atoms with van der Waals surface area (Å²) in [6.45, 7) is 5.64. The molecule has 0 unspecified atom stereocenters. The third kappa shape index (κ3) is 4.86. The molecule has 0 bridgehead atoms. The maximum Gasteiger partial charge on any atom is 0.161 e. The van der Waals surface area contributed by atoms with Gasteiger partial charge in [-0.25, -0.2) is 0 Å². The van der Waals surface area contributed by atoms with E-state index in [0.29, 0.717) is 6.61 Å². The second-order valence-electron chi connectivity index (χ2n) is 6.66. The molecule has 3 aromatic carbocycles. The van der Waals surface area contributed by atoms with Gasteiger partial charge in [-0.15, -0.1) is 0 Å². The molecule has 0 heterocycles. The van der Waals surface area contributed by atoms with Crippen molar-refractivity contribution in [3.63, 3.8) is 0 Å². The molecule has 3 heteroatoms. The van der Waals surface area contributed by atoms with E-state index in [4.69, 9.17) is 14.2 Å². The van der Waals surface area contributed by atoms with Crippen LogP contribution < -0.4 is 14.2 Å². The number of benzene rings is 3. The fourth-order valence-corrected chi connectivity index (χ4v) is 3.00. The van der Waals surface area contributed by atoms with Crippen LogP contribution in [-0.4, -0.2) is 20.3 Å². The Morgan fingerprint density at radius 1 is 0.571 bits per heavy atom. The minimum absolute atomic E-state index is 0.687. The van der Waals surface area contributed by atoms with Crippen molar-refractivity contribution in [1.82, 2.24) is 0 Å². The standard InChI is InChI=1S/C25H28O3/c1-4-16-27-23-13-10-20(11-14-23)19-6-8-21(9-7-19)22-12-15-24(28-17-5-2)25(18-22)26-3/h6-15,18H,4-5,16-17H2,1-3H3.